The number of nitro groups is 2. The third-order valence-corrected chi connectivity index (χ3v) is 16.9. The van der Waals surface area contributed by atoms with Gasteiger partial charge in [0.05, 0.1) is 73.7 Å². The number of benzene rings is 9. The summed E-state index contributed by atoms with van der Waals surface area (Å²) in [6.07, 6.45) is 1.33. The smallest absolute Gasteiger partial charge is 0.312 e. The fraction of sp³-hybridized carbons (Fsp3) is 0.106. The highest BCUT2D eigenvalue weighted by Crippen LogP contribution is 2.38. The second kappa shape index (κ2) is 34.8. The van der Waals surface area contributed by atoms with E-state index in [1.807, 2.05) is 26.2 Å². The first-order valence-electron chi connectivity index (χ1n) is 27.8. The van der Waals surface area contributed by atoms with Crippen LogP contribution in [0.3, 0.4) is 0 Å². The van der Waals surface area contributed by atoms with Crippen LogP contribution in [0, 0.1) is 123 Å². The van der Waals surface area contributed by atoms with Crippen LogP contribution in [0.25, 0.3) is 0 Å². The molecule has 0 amide bonds. The molecule has 1 saturated heterocycles. The molecular formula is C66H44Cl2F8N10O12S2. The molecule has 2 N–H and O–H groups in total. The maximum atomic E-state index is 14.0. The normalized spacial score (nSPS) is 11.8. The zero-order valence-corrected chi connectivity index (χ0v) is 54.2. The molecule has 34 heteroatoms. The summed E-state index contributed by atoms with van der Waals surface area (Å²) in [6, 6.07) is 38.8. The quantitative estimate of drug-likeness (QED) is 0.0347. The Hall–Kier alpha value is -11.9. The van der Waals surface area contributed by atoms with Crippen molar-refractivity contribution in [2.45, 2.75) is 28.7 Å². The standard InChI is InChI=1S/C20H21F2N3O3S.C13H6ClF2NO3S.C13H6F2N2O3.C13H8F2N2O.C7H3ClN2O2/c1-24(2)16-7-9-25(10-8-16)29(26,27)20-11-14(13-23)3-6-18(20)28-19-12-15(21)4-5-17(19)22;14-21(18,19)13-5-8(7-17)1-4-11(13)20-12-6-9(15)2-3-10(12)16;14-9-2-3-10(15)13(6-9)20-12-4-1-8(7-16)5-11(12)17(18)19;14-9-2-3-10(15)13(6-9)18-12-4-1-8(7-16)5-11(12)17;8-6-2-1-5(4-9)3-7(6)10(11)12/h3-6,11-12,16H,7-10H2,1-2H3;1-6H;1-6H;1-6H,17H2;1-3H. The number of hydrogen-bond acceptors (Lipinski definition) is 19. The first kappa shape index (κ1) is 77.1. The van der Waals surface area contributed by atoms with Gasteiger partial charge in [-0.2, -0.15) is 30.6 Å². The predicted octanol–water partition coefficient (Wildman–Crippen LogP) is 15.8. The van der Waals surface area contributed by atoms with Gasteiger partial charge in [0.2, 0.25) is 15.8 Å². The van der Waals surface area contributed by atoms with Crippen LogP contribution >= 0.6 is 22.3 Å². The highest BCUT2D eigenvalue weighted by Gasteiger charge is 2.33. The van der Waals surface area contributed by atoms with Crippen molar-refractivity contribution in [2.75, 3.05) is 32.9 Å². The zero-order valence-electron chi connectivity index (χ0n) is 51.1. The average Bonchev–Trinajstić information content (AvgIpc) is 0.787. The maximum Gasteiger partial charge on any atom is 0.312 e. The fourth-order valence-corrected chi connectivity index (χ4v) is 11.2. The molecule has 10 rings (SSSR count). The van der Waals surface area contributed by atoms with Crippen molar-refractivity contribution in [1.29, 1.82) is 26.3 Å². The van der Waals surface area contributed by atoms with Crippen LogP contribution in [0.5, 0.6) is 46.0 Å². The Bertz CT molecular complexity index is 5050. The highest BCUT2D eigenvalue weighted by molar-refractivity contribution is 8.13. The molecule has 1 aliphatic heterocycles. The van der Waals surface area contributed by atoms with Gasteiger partial charge in [-0.1, -0.05) is 11.6 Å². The van der Waals surface area contributed by atoms with Crippen LogP contribution < -0.4 is 24.7 Å². The number of halogens is 10. The molecule has 0 aromatic heterocycles. The molecule has 100 heavy (non-hydrogen) atoms. The number of anilines is 1. The van der Waals surface area contributed by atoms with Gasteiger partial charge in [0.15, 0.2) is 52.0 Å². The molecule has 9 aromatic rings. The van der Waals surface area contributed by atoms with Gasteiger partial charge in [-0.05, 0) is 154 Å². The molecule has 0 aliphatic carbocycles. The van der Waals surface area contributed by atoms with Crippen LogP contribution in [0.1, 0.15) is 40.7 Å². The summed E-state index contributed by atoms with van der Waals surface area (Å²) in [5, 5.41) is 64.9. The molecule has 0 saturated carbocycles. The SMILES string of the molecule is CN(C)C1CCN(S(=O)(=O)c2cc(C#N)ccc2Oc2cc(F)ccc2F)CC1.N#Cc1ccc(Cl)c([N+](=O)[O-])c1.N#Cc1ccc(Oc2cc(F)ccc2F)c(N)c1.N#Cc1ccc(Oc2cc(F)ccc2F)c(S(=O)(=O)Cl)c1.N#Cc1ccc(Oc2cc(F)ccc2F)c([N+](=O)[O-])c1. The summed E-state index contributed by atoms with van der Waals surface area (Å²) in [6.45, 7) is 0.630. The lowest BCUT2D eigenvalue weighted by atomic mass is 10.1. The Morgan fingerprint density at radius 3 is 1.15 bits per heavy atom. The van der Waals surface area contributed by atoms with E-state index in [9.17, 15) is 77.4 Å². The molecular weight excluding hydrogens is 1410 g/mol. The van der Waals surface area contributed by atoms with Crippen molar-refractivity contribution in [3.8, 4) is 76.3 Å². The summed E-state index contributed by atoms with van der Waals surface area (Å²) in [4.78, 5) is 21.1. The molecule has 22 nitrogen and oxygen atoms in total. The van der Waals surface area contributed by atoms with E-state index in [2.05, 4.69) is 4.90 Å². The van der Waals surface area contributed by atoms with Crippen LogP contribution in [0.15, 0.2) is 174 Å². The minimum absolute atomic E-state index is 0.0290. The number of nitro benzene ring substituents is 2. The zero-order chi connectivity index (χ0) is 73.8. The number of nitrogens with two attached hydrogens (primary N) is 1. The highest BCUT2D eigenvalue weighted by atomic mass is 35.7. The number of rotatable bonds is 14. The van der Waals surface area contributed by atoms with E-state index in [0.29, 0.717) is 31.5 Å². The molecule has 0 atom stereocenters. The summed E-state index contributed by atoms with van der Waals surface area (Å²) < 4.78 is 178. The molecule has 1 heterocycles. The first-order chi connectivity index (χ1) is 47.3. The number of nitrogen functional groups attached to an aromatic ring is 1. The Kier molecular flexibility index (Phi) is 26.9. The lowest BCUT2D eigenvalue weighted by molar-refractivity contribution is -0.385. The third kappa shape index (κ3) is 21.3. The van der Waals surface area contributed by atoms with Gasteiger partial charge in [0, 0.05) is 66.2 Å². The minimum Gasteiger partial charge on any atom is -0.453 e. The van der Waals surface area contributed by atoms with Crippen molar-refractivity contribution < 1.29 is 80.8 Å². The Morgan fingerprint density at radius 1 is 0.460 bits per heavy atom. The van der Waals surface area contributed by atoms with Gasteiger partial charge >= 0.3 is 5.69 Å². The second-order valence-electron chi connectivity index (χ2n) is 20.2. The Morgan fingerprint density at radius 2 is 0.780 bits per heavy atom. The van der Waals surface area contributed by atoms with Gasteiger partial charge in [0.1, 0.15) is 49.6 Å². The summed E-state index contributed by atoms with van der Waals surface area (Å²) in [5.41, 5.74) is 5.87. The topological polar surface area (TPSA) is 343 Å². The van der Waals surface area contributed by atoms with E-state index in [0.717, 1.165) is 103 Å². The van der Waals surface area contributed by atoms with E-state index in [1.54, 1.807) is 18.2 Å². The van der Waals surface area contributed by atoms with Crippen molar-refractivity contribution in [2.24, 2.45) is 0 Å². The van der Waals surface area contributed by atoms with E-state index >= 15 is 0 Å². The number of ether oxygens (including phenoxy) is 4. The monoisotopic (exact) mass is 1450 g/mol. The predicted molar refractivity (Wildman–Crippen MR) is 343 cm³/mol. The molecule has 512 valence electrons. The van der Waals surface area contributed by atoms with Gasteiger partial charge < -0.3 is 29.6 Å². The number of nitrogens with zero attached hydrogens (tertiary/aromatic N) is 9. The number of hydrogen-bond donors (Lipinski definition) is 1. The summed E-state index contributed by atoms with van der Waals surface area (Å²) in [7, 11) is 0.919. The Balaban J connectivity index is 0.000000202. The number of sulfonamides is 1. The van der Waals surface area contributed by atoms with Crippen molar-refractivity contribution in [3.05, 3.63) is 263 Å². The largest absolute Gasteiger partial charge is 0.453 e. The number of piperidine rings is 1. The molecule has 0 bridgehead atoms. The van der Waals surface area contributed by atoms with Crippen LogP contribution in [-0.2, 0) is 19.1 Å². The molecule has 0 spiro atoms. The van der Waals surface area contributed by atoms with E-state index in [-0.39, 0.29) is 78.3 Å². The van der Waals surface area contributed by atoms with Crippen molar-refractivity contribution in [3.63, 3.8) is 0 Å². The van der Waals surface area contributed by atoms with Crippen molar-refractivity contribution >= 4 is 58.4 Å². The van der Waals surface area contributed by atoms with E-state index < -0.39 is 103 Å². The van der Waals surface area contributed by atoms with E-state index in [4.69, 9.17) is 68.0 Å². The van der Waals surface area contributed by atoms with Crippen LogP contribution in [0.4, 0.5) is 52.2 Å². The third-order valence-electron chi connectivity index (χ3n) is 13.3. The molecule has 9 aromatic carbocycles. The fourth-order valence-electron chi connectivity index (χ4n) is 8.40. The van der Waals surface area contributed by atoms with Gasteiger partial charge in [-0.15, -0.1) is 0 Å². The van der Waals surface area contributed by atoms with Gasteiger partial charge in [-0.25, -0.2) is 52.0 Å². The van der Waals surface area contributed by atoms with E-state index in [1.165, 1.54) is 65.0 Å². The summed E-state index contributed by atoms with van der Waals surface area (Å²) in [5.74, 6) is -8.33. The molecule has 0 radical (unpaired) electrons. The van der Waals surface area contributed by atoms with Gasteiger partial charge in [0.25, 0.3) is 14.7 Å². The summed E-state index contributed by atoms with van der Waals surface area (Å²) >= 11 is 5.50. The lowest BCUT2D eigenvalue weighted by Crippen LogP contribution is -2.44. The first-order valence-corrected chi connectivity index (χ1v) is 32.0. The van der Waals surface area contributed by atoms with Gasteiger partial charge in [-0.3, -0.25) is 20.2 Å². The van der Waals surface area contributed by atoms with Crippen LogP contribution in [0.2, 0.25) is 5.02 Å². The number of nitriles is 5. The lowest BCUT2D eigenvalue weighted by Gasteiger charge is -2.34. The van der Waals surface area contributed by atoms with Crippen molar-refractivity contribution in [1.82, 2.24) is 9.21 Å². The molecule has 1 fully saturated rings. The Labute approximate surface area is 573 Å². The average molecular weight is 1460 g/mol. The van der Waals surface area contributed by atoms with Crippen LogP contribution in [-0.4, -0.2) is 69.1 Å². The maximum absolute atomic E-state index is 14.0. The second-order valence-corrected chi connectivity index (χ2v) is 25.1. The molecule has 1 aliphatic rings. The minimum atomic E-state index is -4.23. The molecule has 0 unspecified atom stereocenters.